The summed E-state index contributed by atoms with van der Waals surface area (Å²) in [5, 5.41) is 12.6. The zero-order valence-corrected chi connectivity index (χ0v) is 14.4. The highest BCUT2D eigenvalue weighted by atomic mass is 16.5. The fraction of sp³-hybridized carbons (Fsp3) is 0.158. The number of nitrogens with one attached hydrogen (secondary N) is 1. The van der Waals surface area contributed by atoms with Crippen LogP contribution >= 0.6 is 0 Å². The van der Waals surface area contributed by atoms with Crippen LogP contribution in [0.4, 0.5) is 11.6 Å². The van der Waals surface area contributed by atoms with Gasteiger partial charge in [0.2, 0.25) is 5.95 Å². The molecule has 0 aliphatic carbocycles. The maximum absolute atomic E-state index is 12.2. The Morgan fingerprint density at radius 2 is 1.88 bits per heavy atom. The quantitative estimate of drug-likeness (QED) is 0.569. The first-order valence-corrected chi connectivity index (χ1v) is 8.32. The van der Waals surface area contributed by atoms with Gasteiger partial charge in [0.25, 0.3) is 0 Å². The van der Waals surface area contributed by atoms with Gasteiger partial charge in [-0.3, -0.25) is 0 Å². The third-order valence-electron chi connectivity index (χ3n) is 4.08. The standard InChI is InChI=1S/C19H17N5O2/c1-3-26-18(25)14-9-5-7-11-16(14)21-19-20-15-10-6-4-8-13(15)17-23-22-12(2)24(17)19/h4-11H,3H2,1-2H3,(H,20,21). The van der Waals surface area contributed by atoms with E-state index in [4.69, 9.17) is 9.72 Å². The van der Waals surface area contributed by atoms with Crippen molar-refractivity contribution in [2.45, 2.75) is 13.8 Å². The number of hydrogen-bond acceptors (Lipinski definition) is 6. The number of anilines is 2. The zero-order valence-electron chi connectivity index (χ0n) is 14.4. The van der Waals surface area contributed by atoms with Gasteiger partial charge in [-0.1, -0.05) is 24.3 Å². The summed E-state index contributed by atoms with van der Waals surface area (Å²) >= 11 is 0. The highest BCUT2D eigenvalue weighted by Gasteiger charge is 2.16. The van der Waals surface area contributed by atoms with E-state index in [0.29, 0.717) is 35.3 Å². The first-order valence-electron chi connectivity index (χ1n) is 8.32. The van der Waals surface area contributed by atoms with E-state index in [1.54, 1.807) is 19.1 Å². The summed E-state index contributed by atoms with van der Waals surface area (Å²) in [6.45, 7) is 3.96. The van der Waals surface area contributed by atoms with Crippen molar-refractivity contribution in [1.29, 1.82) is 0 Å². The minimum atomic E-state index is -0.381. The van der Waals surface area contributed by atoms with Crippen molar-refractivity contribution < 1.29 is 9.53 Å². The number of aromatic nitrogens is 4. The Kier molecular flexibility index (Phi) is 3.96. The van der Waals surface area contributed by atoms with Gasteiger partial charge in [-0.05, 0) is 38.1 Å². The summed E-state index contributed by atoms with van der Waals surface area (Å²) < 4.78 is 6.98. The average molecular weight is 347 g/mol. The van der Waals surface area contributed by atoms with Crippen LogP contribution in [0.3, 0.4) is 0 Å². The van der Waals surface area contributed by atoms with Crippen LogP contribution in [0, 0.1) is 6.92 Å². The second kappa shape index (κ2) is 6.44. The Hall–Kier alpha value is -3.48. The number of ether oxygens (including phenoxy) is 1. The van der Waals surface area contributed by atoms with Gasteiger partial charge >= 0.3 is 5.97 Å². The molecule has 4 rings (SSSR count). The van der Waals surface area contributed by atoms with Crippen LogP contribution in [0.5, 0.6) is 0 Å². The maximum atomic E-state index is 12.2. The molecular formula is C19H17N5O2. The number of carbonyl (C=O) groups excluding carboxylic acids is 1. The van der Waals surface area contributed by atoms with E-state index in [0.717, 1.165) is 10.9 Å². The smallest absolute Gasteiger partial charge is 0.340 e. The van der Waals surface area contributed by atoms with Gasteiger partial charge in [-0.25, -0.2) is 14.2 Å². The topological polar surface area (TPSA) is 81.4 Å². The minimum absolute atomic E-state index is 0.316. The third-order valence-corrected chi connectivity index (χ3v) is 4.08. The molecule has 0 radical (unpaired) electrons. The molecule has 0 fully saturated rings. The second-order valence-electron chi connectivity index (χ2n) is 5.75. The molecule has 4 aromatic rings. The molecule has 26 heavy (non-hydrogen) atoms. The molecule has 2 aromatic heterocycles. The molecule has 0 aliphatic rings. The molecule has 0 saturated heterocycles. The molecule has 0 unspecified atom stereocenters. The number of para-hydroxylation sites is 2. The molecule has 2 heterocycles. The van der Waals surface area contributed by atoms with Crippen molar-refractivity contribution >= 4 is 34.2 Å². The first-order chi connectivity index (χ1) is 12.7. The van der Waals surface area contributed by atoms with Gasteiger partial charge < -0.3 is 10.1 Å². The highest BCUT2D eigenvalue weighted by Crippen LogP contribution is 2.25. The summed E-state index contributed by atoms with van der Waals surface area (Å²) in [4.78, 5) is 16.9. The molecule has 0 amide bonds. The SMILES string of the molecule is CCOC(=O)c1ccccc1Nc1nc2ccccc2c2nnc(C)n12. The number of fused-ring (bicyclic) bond motifs is 3. The fourth-order valence-corrected chi connectivity index (χ4v) is 2.90. The highest BCUT2D eigenvalue weighted by molar-refractivity contribution is 5.97. The molecule has 1 N–H and O–H groups in total. The lowest BCUT2D eigenvalue weighted by molar-refractivity contribution is 0.0527. The van der Waals surface area contributed by atoms with Crippen molar-refractivity contribution in [3.63, 3.8) is 0 Å². The fourth-order valence-electron chi connectivity index (χ4n) is 2.90. The Balaban J connectivity index is 1.88. The van der Waals surface area contributed by atoms with E-state index in [-0.39, 0.29) is 5.97 Å². The van der Waals surface area contributed by atoms with Gasteiger partial charge in [-0.2, -0.15) is 0 Å². The summed E-state index contributed by atoms with van der Waals surface area (Å²) in [6.07, 6.45) is 0. The molecule has 2 aromatic carbocycles. The van der Waals surface area contributed by atoms with E-state index >= 15 is 0 Å². The van der Waals surface area contributed by atoms with Crippen LogP contribution in [0.15, 0.2) is 48.5 Å². The number of carbonyl (C=O) groups is 1. The van der Waals surface area contributed by atoms with Crippen molar-refractivity contribution in [3.05, 3.63) is 59.9 Å². The molecule has 7 nitrogen and oxygen atoms in total. The van der Waals surface area contributed by atoms with Gasteiger partial charge in [0.15, 0.2) is 5.65 Å². The lowest BCUT2D eigenvalue weighted by atomic mass is 10.2. The van der Waals surface area contributed by atoms with Crippen LogP contribution in [0.1, 0.15) is 23.1 Å². The zero-order chi connectivity index (χ0) is 18.1. The molecule has 0 saturated carbocycles. The lowest BCUT2D eigenvalue weighted by Crippen LogP contribution is -2.10. The number of benzene rings is 2. The average Bonchev–Trinajstić information content (AvgIpc) is 3.05. The molecule has 7 heteroatoms. The van der Waals surface area contributed by atoms with Crippen LogP contribution in [-0.2, 0) is 4.74 Å². The van der Waals surface area contributed by atoms with Crippen LogP contribution in [0.25, 0.3) is 16.6 Å². The van der Waals surface area contributed by atoms with Gasteiger partial charge in [0, 0.05) is 5.39 Å². The minimum Gasteiger partial charge on any atom is -0.462 e. The number of rotatable bonds is 4. The van der Waals surface area contributed by atoms with Crippen molar-refractivity contribution in [3.8, 4) is 0 Å². The Bertz CT molecular complexity index is 1120. The molecular weight excluding hydrogens is 330 g/mol. The van der Waals surface area contributed by atoms with E-state index in [9.17, 15) is 4.79 Å². The predicted octanol–water partition coefficient (Wildman–Crippen LogP) is 3.51. The third kappa shape index (κ3) is 2.63. The van der Waals surface area contributed by atoms with E-state index < -0.39 is 0 Å². The van der Waals surface area contributed by atoms with Crippen LogP contribution in [0.2, 0.25) is 0 Å². The Morgan fingerprint density at radius 3 is 2.73 bits per heavy atom. The number of hydrogen-bond donors (Lipinski definition) is 1. The first kappa shape index (κ1) is 16.0. The molecule has 0 atom stereocenters. The molecule has 0 spiro atoms. The normalized spacial score (nSPS) is 11.0. The van der Waals surface area contributed by atoms with E-state index in [2.05, 4.69) is 15.5 Å². The van der Waals surface area contributed by atoms with Crippen molar-refractivity contribution in [2.75, 3.05) is 11.9 Å². The molecule has 130 valence electrons. The Labute approximate surface area is 149 Å². The summed E-state index contributed by atoms with van der Waals surface area (Å²) in [7, 11) is 0. The van der Waals surface area contributed by atoms with Gasteiger partial charge in [0.05, 0.1) is 23.4 Å². The monoisotopic (exact) mass is 347 g/mol. The van der Waals surface area contributed by atoms with Crippen LogP contribution < -0.4 is 5.32 Å². The van der Waals surface area contributed by atoms with Crippen molar-refractivity contribution in [2.24, 2.45) is 0 Å². The van der Waals surface area contributed by atoms with Gasteiger partial charge in [-0.15, -0.1) is 10.2 Å². The largest absolute Gasteiger partial charge is 0.462 e. The number of nitrogens with zero attached hydrogens (tertiary/aromatic N) is 4. The second-order valence-corrected chi connectivity index (χ2v) is 5.75. The summed E-state index contributed by atoms with van der Waals surface area (Å²) in [5.74, 6) is 0.862. The number of aryl methyl sites for hydroxylation is 1. The summed E-state index contributed by atoms with van der Waals surface area (Å²) in [5.41, 5.74) is 2.57. The van der Waals surface area contributed by atoms with E-state index in [1.165, 1.54) is 0 Å². The van der Waals surface area contributed by atoms with Gasteiger partial charge in [0.1, 0.15) is 5.82 Å². The molecule has 0 aliphatic heterocycles. The van der Waals surface area contributed by atoms with E-state index in [1.807, 2.05) is 47.7 Å². The lowest BCUT2D eigenvalue weighted by Gasteiger charge is -2.13. The van der Waals surface area contributed by atoms with Crippen molar-refractivity contribution in [1.82, 2.24) is 19.6 Å². The Morgan fingerprint density at radius 1 is 1.12 bits per heavy atom. The maximum Gasteiger partial charge on any atom is 0.340 e. The number of esters is 1. The summed E-state index contributed by atoms with van der Waals surface area (Å²) in [6, 6.07) is 14.9. The molecule has 0 bridgehead atoms. The van der Waals surface area contributed by atoms with Crippen LogP contribution in [-0.4, -0.2) is 32.2 Å². The predicted molar refractivity (Wildman–Crippen MR) is 98.7 cm³/mol.